The lowest BCUT2D eigenvalue weighted by Crippen LogP contribution is -2.31. The molecule has 2 aromatic heterocycles. The molecule has 0 saturated heterocycles. The summed E-state index contributed by atoms with van der Waals surface area (Å²) in [5, 5.41) is 22.8. The number of rotatable bonds is 7. The summed E-state index contributed by atoms with van der Waals surface area (Å²) in [7, 11) is 0. The molecule has 10 heteroatoms. The van der Waals surface area contributed by atoms with Crippen LogP contribution in [0, 0.1) is 6.92 Å². The van der Waals surface area contributed by atoms with Gasteiger partial charge >= 0.3 is 6.03 Å². The molecule has 1 saturated carbocycles. The van der Waals surface area contributed by atoms with Crippen LogP contribution in [0.25, 0.3) is 5.82 Å². The molecule has 1 fully saturated rings. The fourth-order valence-corrected chi connectivity index (χ4v) is 3.18. The molecule has 1 aliphatic carbocycles. The van der Waals surface area contributed by atoms with Crippen molar-refractivity contribution in [2.75, 3.05) is 10.6 Å². The third-order valence-corrected chi connectivity index (χ3v) is 4.92. The van der Waals surface area contributed by atoms with Gasteiger partial charge in [-0.15, -0.1) is 0 Å². The summed E-state index contributed by atoms with van der Waals surface area (Å²) in [6, 6.07) is 6.46. The number of aliphatic hydroxyl groups is 1. The number of hydrogen-bond acceptors (Lipinski definition) is 6. The molecule has 9 nitrogen and oxygen atoms in total. The van der Waals surface area contributed by atoms with E-state index < -0.39 is 12.1 Å². The molecule has 1 unspecified atom stereocenters. The van der Waals surface area contributed by atoms with E-state index in [1.165, 1.54) is 12.3 Å². The lowest BCUT2D eigenvalue weighted by molar-refractivity contribution is 0.250. The molecule has 1 aliphatic rings. The summed E-state index contributed by atoms with van der Waals surface area (Å²) in [6.45, 7) is 1.90. The van der Waals surface area contributed by atoms with E-state index in [2.05, 4.69) is 31.0 Å². The Morgan fingerprint density at radius 3 is 2.94 bits per heavy atom. The van der Waals surface area contributed by atoms with E-state index in [4.69, 9.17) is 11.6 Å². The lowest BCUT2D eigenvalue weighted by atomic mass is 10.1. The highest BCUT2D eigenvalue weighted by molar-refractivity contribution is 6.30. The van der Waals surface area contributed by atoms with Gasteiger partial charge in [-0.3, -0.25) is 0 Å². The van der Waals surface area contributed by atoms with Crippen molar-refractivity contribution in [2.24, 2.45) is 0 Å². The minimum absolute atomic E-state index is 0.439. The van der Waals surface area contributed by atoms with Crippen LogP contribution in [0.1, 0.15) is 30.0 Å². The second kappa shape index (κ2) is 9.05. The fourth-order valence-electron chi connectivity index (χ4n) is 2.99. The number of urea groups is 1. The number of hydrogen-bond donors (Lipinski definition) is 4. The Hall–Kier alpha value is -3.59. The Bertz CT molecular complexity index is 1110. The van der Waals surface area contributed by atoms with E-state index in [0.717, 1.165) is 30.2 Å². The molecule has 0 radical (unpaired) electrons. The van der Waals surface area contributed by atoms with Gasteiger partial charge in [-0.05, 0) is 43.5 Å². The van der Waals surface area contributed by atoms with Crippen molar-refractivity contribution in [1.82, 2.24) is 25.1 Å². The monoisotopic (exact) mass is 439 g/mol. The number of benzene rings is 1. The van der Waals surface area contributed by atoms with Gasteiger partial charge in [-0.2, -0.15) is 10.1 Å². The first-order valence-corrected chi connectivity index (χ1v) is 10.2. The van der Waals surface area contributed by atoms with E-state index in [0.29, 0.717) is 28.5 Å². The number of carbonyl (C=O) groups excluding carboxylic acids is 1. The van der Waals surface area contributed by atoms with Gasteiger partial charge in [0, 0.05) is 22.8 Å². The number of nitrogens with zero attached hydrogens (tertiary/aromatic N) is 4. The summed E-state index contributed by atoms with van der Waals surface area (Å²) >= 11 is 6.03. The molecule has 160 valence electrons. The van der Waals surface area contributed by atoms with Crippen LogP contribution in [-0.2, 0) is 0 Å². The molecule has 2 amide bonds. The molecular formula is C21H22ClN7O2. The summed E-state index contributed by atoms with van der Waals surface area (Å²) in [5.41, 5.74) is 2.08. The molecular weight excluding hydrogens is 418 g/mol. The number of aryl methyl sites for hydroxylation is 1. The first-order valence-electron chi connectivity index (χ1n) is 9.81. The zero-order valence-electron chi connectivity index (χ0n) is 16.8. The maximum atomic E-state index is 12.5. The standard InChI is InChI=1S/C21H22ClN7O2/c1-13-10-23-20(25-16-5-6-16)28-19(13)29-12-17(11-24-29)26-21(31)27-18(7-8-30)14-3-2-4-15(22)9-14/h2-4,7-12,16,18,30H,5-6H2,1H3,(H,23,25,28)(H2,26,27,31)/b8-7+. The average Bonchev–Trinajstić information content (AvgIpc) is 3.44. The second-order valence-corrected chi connectivity index (χ2v) is 7.70. The quantitative estimate of drug-likeness (QED) is 0.411. The molecule has 3 aromatic rings. The van der Waals surface area contributed by atoms with Gasteiger partial charge < -0.3 is 21.1 Å². The van der Waals surface area contributed by atoms with Crippen molar-refractivity contribution in [3.63, 3.8) is 0 Å². The van der Waals surface area contributed by atoms with E-state index in [1.807, 2.05) is 6.92 Å². The number of amides is 2. The Labute approximate surface area is 184 Å². The van der Waals surface area contributed by atoms with Crippen molar-refractivity contribution >= 4 is 29.3 Å². The largest absolute Gasteiger partial charge is 0.516 e. The zero-order chi connectivity index (χ0) is 21.8. The minimum Gasteiger partial charge on any atom is -0.516 e. The Kier molecular flexibility index (Phi) is 6.03. The van der Waals surface area contributed by atoms with Crippen LogP contribution in [0.3, 0.4) is 0 Å². The van der Waals surface area contributed by atoms with E-state index in [9.17, 15) is 9.90 Å². The van der Waals surface area contributed by atoms with Gasteiger partial charge in [-0.1, -0.05) is 23.7 Å². The van der Waals surface area contributed by atoms with Crippen molar-refractivity contribution < 1.29 is 9.90 Å². The predicted octanol–water partition coefficient (Wildman–Crippen LogP) is 4.13. The van der Waals surface area contributed by atoms with Crippen LogP contribution in [0.5, 0.6) is 0 Å². The number of carbonyl (C=O) groups is 1. The summed E-state index contributed by atoms with van der Waals surface area (Å²) in [4.78, 5) is 21.3. The second-order valence-electron chi connectivity index (χ2n) is 7.27. The summed E-state index contributed by atoms with van der Waals surface area (Å²) < 4.78 is 1.59. The van der Waals surface area contributed by atoms with Crippen LogP contribution in [0.4, 0.5) is 16.4 Å². The van der Waals surface area contributed by atoms with Crippen LogP contribution in [0.2, 0.25) is 5.02 Å². The first kappa shape index (κ1) is 20.7. The van der Waals surface area contributed by atoms with Gasteiger partial charge in [0.15, 0.2) is 5.82 Å². The Morgan fingerprint density at radius 1 is 1.35 bits per heavy atom. The summed E-state index contributed by atoms with van der Waals surface area (Å²) in [5.74, 6) is 1.19. The highest BCUT2D eigenvalue weighted by atomic mass is 35.5. The Morgan fingerprint density at radius 2 is 2.19 bits per heavy atom. The third-order valence-electron chi connectivity index (χ3n) is 4.69. The zero-order valence-corrected chi connectivity index (χ0v) is 17.5. The molecule has 0 bridgehead atoms. The molecule has 2 heterocycles. The van der Waals surface area contributed by atoms with Gasteiger partial charge in [0.25, 0.3) is 0 Å². The molecule has 0 spiro atoms. The molecule has 1 aromatic carbocycles. The van der Waals surface area contributed by atoms with Crippen molar-refractivity contribution in [3.05, 3.63) is 71.3 Å². The predicted molar refractivity (Wildman–Crippen MR) is 119 cm³/mol. The smallest absolute Gasteiger partial charge is 0.320 e. The van der Waals surface area contributed by atoms with E-state index >= 15 is 0 Å². The molecule has 0 aliphatic heterocycles. The van der Waals surface area contributed by atoms with Gasteiger partial charge in [-0.25, -0.2) is 14.5 Å². The van der Waals surface area contributed by atoms with Crippen molar-refractivity contribution in [2.45, 2.75) is 31.8 Å². The number of aromatic nitrogens is 4. The number of halogens is 1. The fraction of sp³-hybridized carbons (Fsp3) is 0.238. The molecule has 1 atom stereocenters. The average molecular weight is 440 g/mol. The molecule has 4 N–H and O–H groups in total. The SMILES string of the molecule is Cc1cnc(NC2CC2)nc1-n1cc(NC(=O)NC(/C=C/O)c2cccc(Cl)c2)cn1. The number of nitrogens with one attached hydrogen (secondary N) is 3. The molecule has 31 heavy (non-hydrogen) atoms. The van der Waals surface area contributed by atoms with E-state index in [-0.39, 0.29) is 0 Å². The highest BCUT2D eigenvalue weighted by Crippen LogP contribution is 2.24. The molecule has 4 rings (SSSR count). The number of anilines is 2. The maximum Gasteiger partial charge on any atom is 0.320 e. The van der Waals surface area contributed by atoms with Crippen molar-refractivity contribution in [3.8, 4) is 5.82 Å². The van der Waals surface area contributed by atoms with Crippen molar-refractivity contribution in [1.29, 1.82) is 0 Å². The number of aliphatic hydroxyl groups excluding tert-OH is 1. The van der Waals surface area contributed by atoms with Crippen LogP contribution >= 0.6 is 11.6 Å². The minimum atomic E-state index is -0.557. The highest BCUT2D eigenvalue weighted by Gasteiger charge is 2.22. The Balaban J connectivity index is 1.45. The first-order chi connectivity index (χ1) is 15.0. The van der Waals surface area contributed by atoms with Crippen LogP contribution in [-0.4, -0.2) is 36.9 Å². The van der Waals surface area contributed by atoms with Crippen LogP contribution < -0.4 is 16.0 Å². The van der Waals surface area contributed by atoms with Gasteiger partial charge in [0.05, 0.1) is 30.4 Å². The maximum absolute atomic E-state index is 12.5. The normalized spacial score (nSPS) is 14.4. The lowest BCUT2D eigenvalue weighted by Gasteiger charge is -2.15. The topological polar surface area (TPSA) is 117 Å². The summed E-state index contributed by atoms with van der Waals surface area (Å²) in [6.07, 6.45) is 9.53. The van der Waals surface area contributed by atoms with Gasteiger partial charge in [0.1, 0.15) is 0 Å². The van der Waals surface area contributed by atoms with E-state index in [1.54, 1.807) is 41.3 Å². The van der Waals surface area contributed by atoms with Gasteiger partial charge in [0.2, 0.25) is 5.95 Å². The van der Waals surface area contributed by atoms with Crippen LogP contribution in [0.15, 0.2) is 55.2 Å². The third kappa shape index (κ3) is 5.32.